The zero-order valence-electron chi connectivity index (χ0n) is 11.8. The first kappa shape index (κ1) is 16.5. The van der Waals surface area contributed by atoms with Crippen LogP contribution in [0.4, 0.5) is 17.6 Å². The Morgan fingerprint density at radius 3 is 2.59 bits per heavy atom. The van der Waals surface area contributed by atoms with Gasteiger partial charge in [0.05, 0.1) is 12.0 Å². The minimum Gasteiger partial charge on any atom is -0.496 e. The molecular weight excluding hydrogens is 322 g/mol. The van der Waals surface area contributed by atoms with Crippen LogP contribution in [0.15, 0.2) is 24.3 Å². The van der Waals surface area contributed by atoms with Crippen LogP contribution >= 0.6 is 11.3 Å². The molecule has 1 heterocycles. The van der Waals surface area contributed by atoms with E-state index in [-0.39, 0.29) is 12.5 Å². The molecule has 1 aromatic heterocycles. The molecule has 0 radical (unpaired) electrons. The average molecular weight is 335 g/mol. The molecule has 0 saturated carbocycles. The second-order valence-corrected chi connectivity index (χ2v) is 5.61. The summed E-state index contributed by atoms with van der Waals surface area (Å²) in [6.45, 7) is 1.52. The van der Waals surface area contributed by atoms with Gasteiger partial charge >= 0.3 is 12.3 Å². The summed E-state index contributed by atoms with van der Waals surface area (Å²) in [6.07, 6.45) is -3.81. The van der Waals surface area contributed by atoms with Crippen LogP contribution in [-0.2, 0) is 12.5 Å². The van der Waals surface area contributed by atoms with Crippen LogP contribution in [0.2, 0.25) is 0 Å². The number of aromatic nitrogens is 1. The summed E-state index contributed by atoms with van der Waals surface area (Å²) in [6, 6.07) is 7.02. The molecule has 0 unspecified atom stereocenters. The van der Waals surface area contributed by atoms with Crippen molar-refractivity contribution in [2.45, 2.75) is 25.9 Å². The molecule has 120 valence electrons. The van der Waals surface area contributed by atoms with Gasteiger partial charge in [0.15, 0.2) is 5.01 Å². The molecule has 1 aromatic carbocycles. The highest BCUT2D eigenvalue weighted by atomic mass is 32.1. The molecule has 2 rings (SSSR count). The number of hydrogen-bond donors (Lipinski definition) is 0. The number of aryl methyl sites for hydroxylation is 1. The molecular formula is C14H13F4NO2S. The van der Waals surface area contributed by atoms with Crippen molar-refractivity contribution in [3.8, 4) is 11.6 Å². The summed E-state index contributed by atoms with van der Waals surface area (Å²) < 4.78 is 61.7. The average Bonchev–Trinajstić information content (AvgIpc) is 2.87. The maximum atomic E-state index is 13.3. The third-order valence-electron chi connectivity index (χ3n) is 2.87. The molecule has 0 aliphatic rings. The van der Waals surface area contributed by atoms with Crippen LogP contribution in [0.1, 0.15) is 15.4 Å². The Hall–Kier alpha value is -1.83. The Morgan fingerprint density at radius 1 is 1.27 bits per heavy atom. The Kier molecular flexibility index (Phi) is 4.90. The molecule has 0 spiro atoms. The number of nitrogens with zero attached hydrogens (tertiary/aromatic N) is 1. The smallest absolute Gasteiger partial charge is 0.358 e. The van der Waals surface area contributed by atoms with Crippen LogP contribution < -0.4 is 9.47 Å². The molecule has 0 amide bonds. The minimum absolute atomic E-state index is 0.0360. The number of methoxy groups -OCH3 is 1. The van der Waals surface area contributed by atoms with Gasteiger partial charge in [0.25, 0.3) is 0 Å². The minimum atomic E-state index is -4.28. The van der Waals surface area contributed by atoms with Gasteiger partial charge in [-0.05, 0) is 13.0 Å². The number of rotatable bonds is 6. The van der Waals surface area contributed by atoms with Crippen molar-refractivity contribution in [3.63, 3.8) is 0 Å². The van der Waals surface area contributed by atoms with Gasteiger partial charge in [-0.1, -0.05) is 18.2 Å². The Labute approximate surface area is 128 Å². The molecule has 3 nitrogen and oxygen atoms in total. The number of hydrogen-bond acceptors (Lipinski definition) is 4. The molecule has 0 N–H and O–H groups in total. The monoisotopic (exact) mass is 335 g/mol. The zero-order valence-corrected chi connectivity index (χ0v) is 12.6. The topological polar surface area (TPSA) is 31.4 Å². The van der Waals surface area contributed by atoms with E-state index in [0.29, 0.717) is 27.5 Å². The molecule has 22 heavy (non-hydrogen) atoms. The first-order valence-corrected chi connectivity index (χ1v) is 7.06. The van der Waals surface area contributed by atoms with Crippen LogP contribution in [0, 0.1) is 6.92 Å². The van der Waals surface area contributed by atoms with Crippen LogP contribution in [0.25, 0.3) is 0 Å². The van der Waals surface area contributed by atoms with E-state index in [9.17, 15) is 17.6 Å². The summed E-state index contributed by atoms with van der Waals surface area (Å²) >= 11 is 0.497. The Balaban J connectivity index is 2.16. The molecule has 0 aliphatic carbocycles. The van der Waals surface area contributed by atoms with E-state index in [0.717, 1.165) is 0 Å². The van der Waals surface area contributed by atoms with E-state index in [1.807, 2.05) is 0 Å². The van der Waals surface area contributed by atoms with Crippen molar-refractivity contribution in [1.29, 1.82) is 0 Å². The van der Waals surface area contributed by atoms with Crippen molar-refractivity contribution >= 4 is 11.3 Å². The Bertz CT molecular complexity index is 646. The summed E-state index contributed by atoms with van der Waals surface area (Å²) in [4.78, 5) is 3.81. The maximum absolute atomic E-state index is 13.3. The molecule has 0 atom stereocenters. The second kappa shape index (κ2) is 6.51. The summed E-state index contributed by atoms with van der Waals surface area (Å²) in [5.74, 6) is -3.78. The fourth-order valence-electron chi connectivity index (χ4n) is 1.72. The predicted molar refractivity (Wildman–Crippen MR) is 74.1 cm³/mol. The van der Waals surface area contributed by atoms with Gasteiger partial charge in [-0.25, -0.2) is 8.78 Å². The Morgan fingerprint density at radius 2 is 1.95 bits per heavy atom. The van der Waals surface area contributed by atoms with Gasteiger partial charge in [0.1, 0.15) is 12.4 Å². The molecule has 2 aromatic rings. The predicted octanol–water partition coefficient (Wildman–Crippen LogP) is 4.40. The lowest BCUT2D eigenvalue weighted by Crippen LogP contribution is -2.23. The lowest BCUT2D eigenvalue weighted by Gasteiger charge is -2.11. The molecule has 0 saturated heterocycles. The van der Waals surface area contributed by atoms with E-state index >= 15 is 0 Å². The first-order chi connectivity index (χ1) is 10.4. The quantitative estimate of drug-likeness (QED) is 0.734. The molecule has 0 aliphatic heterocycles. The normalized spacial score (nSPS) is 11.8. The van der Waals surface area contributed by atoms with E-state index < -0.39 is 17.4 Å². The standard InChI is InChI=1S/C14H13F4NO2S/c1-8-11(19-13(22-8)14(17,18)12(15)16)21-7-9-5-3-4-6-10(9)20-2/h3-6,12H,7H2,1-2H3. The highest BCUT2D eigenvalue weighted by Gasteiger charge is 2.46. The molecule has 0 fully saturated rings. The van der Waals surface area contributed by atoms with Crippen molar-refractivity contribution in [3.05, 3.63) is 39.7 Å². The number of para-hydroxylation sites is 1. The van der Waals surface area contributed by atoms with Crippen LogP contribution in [-0.4, -0.2) is 18.5 Å². The van der Waals surface area contributed by atoms with Crippen molar-refractivity contribution in [1.82, 2.24) is 4.98 Å². The van der Waals surface area contributed by atoms with E-state index in [1.54, 1.807) is 24.3 Å². The second-order valence-electron chi connectivity index (χ2n) is 4.40. The van der Waals surface area contributed by atoms with Gasteiger partial charge in [0.2, 0.25) is 5.88 Å². The van der Waals surface area contributed by atoms with Gasteiger partial charge in [0, 0.05) is 5.56 Å². The fourth-order valence-corrected chi connectivity index (χ4v) is 2.56. The number of halogens is 4. The van der Waals surface area contributed by atoms with Gasteiger partial charge in [-0.3, -0.25) is 0 Å². The van der Waals surface area contributed by atoms with Gasteiger partial charge in [-0.15, -0.1) is 11.3 Å². The third kappa shape index (κ3) is 3.32. The maximum Gasteiger partial charge on any atom is 0.358 e. The van der Waals surface area contributed by atoms with E-state index in [2.05, 4.69) is 4.98 Å². The highest BCUT2D eigenvalue weighted by molar-refractivity contribution is 7.12. The lowest BCUT2D eigenvalue weighted by molar-refractivity contribution is -0.135. The number of benzene rings is 1. The number of alkyl halides is 4. The van der Waals surface area contributed by atoms with E-state index in [4.69, 9.17) is 9.47 Å². The van der Waals surface area contributed by atoms with Crippen LogP contribution in [0.5, 0.6) is 11.6 Å². The lowest BCUT2D eigenvalue weighted by atomic mass is 10.2. The van der Waals surface area contributed by atoms with Gasteiger partial charge in [-0.2, -0.15) is 13.8 Å². The third-order valence-corrected chi connectivity index (χ3v) is 3.91. The molecule has 8 heteroatoms. The number of thiazole rings is 1. The van der Waals surface area contributed by atoms with Crippen molar-refractivity contribution in [2.24, 2.45) is 0 Å². The van der Waals surface area contributed by atoms with Crippen LogP contribution in [0.3, 0.4) is 0 Å². The summed E-state index contributed by atoms with van der Waals surface area (Å²) in [7, 11) is 1.49. The highest BCUT2D eigenvalue weighted by Crippen LogP contribution is 2.39. The summed E-state index contributed by atoms with van der Waals surface area (Å²) in [5.41, 5.74) is 0.694. The van der Waals surface area contributed by atoms with Crippen molar-refractivity contribution < 1.29 is 27.0 Å². The van der Waals surface area contributed by atoms with Gasteiger partial charge < -0.3 is 9.47 Å². The first-order valence-electron chi connectivity index (χ1n) is 6.24. The zero-order chi connectivity index (χ0) is 16.3. The SMILES string of the molecule is COc1ccccc1COc1nc(C(F)(F)C(F)F)sc1C. The van der Waals surface area contributed by atoms with E-state index in [1.165, 1.54) is 14.0 Å². The van der Waals surface area contributed by atoms with Crippen molar-refractivity contribution in [2.75, 3.05) is 7.11 Å². The molecule has 0 bridgehead atoms. The number of ether oxygens (including phenoxy) is 2. The largest absolute Gasteiger partial charge is 0.496 e. The summed E-state index contributed by atoms with van der Waals surface area (Å²) in [5, 5.41) is -0.949. The fraction of sp³-hybridized carbons (Fsp3) is 0.357.